The van der Waals surface area contributed by atoms with E-state index < -0.39 is 0 Å². The van der Waals surface area contributed by atoms with Crippen molar-refractivity contribution in [2.75, 3.05) is 20.3 Å². The van der Waals surface area contributed by atoms with Crippen LogP contribution in [0.1, 0.15) is 18.2 Å². The van der Waals surface area contributed by atoms with Gasteiger partial charge < -0.3 is 19.3 Å². The summed E-state index contributed by atoms with van der Waals surface area (Å²) >= 11 is 6.56. The monoisotopic (exact) mass is 444 g/mol. The molecule has 0 saturated carbocycles. The van der Waals surface area contributed by atoms with Gasteiger partial charge in [0.15, 0.2) is 3.95 Å². The van der Waals surface area contributed by atoms with Crippen LogP contribution in [0.4, 0.5) is 5.69 Å². The van der Waals surface area contributed by atoms with Gasteiger partial charge in [0.05, 0.1) is 17.2 Å². The van der Waals surface area contributed by atoms with E-state index in [9.17, 15) is 10.4 Å². The Morgan fingerprint density at radius 3 is 2.83 bits per heavy atom. The van der Waals surface area contributed by atoms with Gasteiger partial charge in [-0.05, 0) is 49.8 Å². The van der Waals surface area contributed by atoms with E-state index in [-0.39, 0.29) is 23.4 Å². The number of rotatable bonds is 8. The molecule has 1 aliphatic rings. The van der Waals surface area contributed by atoms with E-state index in [1.807, 2.05) is 13.0 Å². The van der Waals surface area contributed by atoms with E-state index in [2.05, 4.69) is 9.98 Å². The van der Waals surface area contributed by atoms with Gasteiger partial charge in [0.1, 0.15) is 11.8 Å². The molecule has 10 heteroatoms. The Labute approximate surface area is 183 Å². The van der Waals surface area contributed by atoms with Crippen LogP contribution in [0.2, 0.25) is 0 Å². The number of aromatic hydroxyl groups is 1. The Morgan fingerprint density at radius 2 is 2.17 bits per heavy atom. The number of hydrogen-bond donors (Lipinski definition) is 1. The van der Waals surface area contributed by atoms with Gasteiger partial charge >= 0.3 is 0 Å². The number of nitriles is 1. The zero-order valence-corrected chi connectivity index (χ0v) is 18.1. The molecule has 0 fully saturated rings. The number of nitrogens with zero attached hydrogens (tertiary/aromatic N) is 4. The fraction of sp³-hybridized carbons (Fsp3) is 0.300. The molecule has 0 unspecified atom stereocenters. The van der Waals surface area contributed by atoms with E-state index in [1.54, 1.807) is 42.0 Å². The first-order chi connectivity index (χ1) is 14.5. The highest BCUT2D eigenvalue weighted by atomic mass is 32.1. The predicted molar refractivity (Wildman–Crippen MR) is 118 cm³/mol. The summed E-state index contributed by atoms with van der Waals surface area (Å²) in [5.74, 6) is 1.01. The highest BCUT2D eigenvalue weighted by Crippen LogP contribution is 2.30. The predicted octanol–water partition coefficient (Wildman–Crippen LogP) is 4.44. The second-order valence-electron chi connectivity index (χ2n) is 6.05. The number of benzene rings is 1. The molecule has 0 radical (unpaired) electrons. The molecule has 0 spiro atoms. The number of ether oxygens (including phenoxy) is 3. The largest absolute Gasteiger partial charge is 0.494 e. The maximum Gasteiger partial charge on any atom is 0.258 e. The smallest absolute Gasteiger partial charge is 0.258 e. The summed E-state index contributed by atoms with van der Waals surface area (Å²) in [4.78, 5) is 8.99. The minimum Gasteiger partial charge on any atom is -0.494 e. The summed E-state index contributed by atoms with van der Waals surface area (Å²) in [7, 11) is 1.62. The van der Waals surface area contributed by atoms with E-state index in [0.29, 0.717) is 34.3 Å². The Kier molecular flexibility index (Phi) is 7.35. The number of thiazole rings is 1. The normalized spacial score (nSPS) is 15.8. The maximum absolute atomic E-state index is 10.5. The lowest BCUT2D eigenvalue weighted by Crippen LogP contribution is -2.07. The number of methoxy groups -OCH3 is 1. The van der Waals surface area contributed by atoms with Crippen molar-refractivity contribution < 1.29 is 19.3 Å². The first kappa shape index (κ1) is 21.7. The zero-order chi connectivity index (χ0) is 21.5. The van der Waals surface area contributed by atoms with E-state index in [4.69, 9.17) is 26.4 Å². The maximum atomic E-state index is 10.5. The molecule has 30 heavy (non-hydrogen) atoms. The molecule has 1 aromatic carbocycles. The fourth-order valence-corrected chi connectivity index (χ4v) is 3.91. The fourth-order valence-electron chi connectivity index (χ4n) is 2.62. The van der Waals surface area contributed by atoms with Crippen molar-refractivity contribution in [2.24, 2.45) is 9.98 Å². The Balaban J connectivity index is 1.81. The SMILES string of the molecule is CCOc1ccc(N=C2OC(=Cc3sc(=S)n(CCCOC)c3O)N=C2C#N)cc1. The molecule has 8 nitrogen and oxygen atoms in total. The topological polar surface area (TPSA) is 101 Å². The van der Waals surface area contributed by atoms with Crippen LogP contribution in [0, 0.1) is 15.3 Å². The lowest BCUT2D eigenvalue weighted by molar-refractivity contribution is 0.189. The summed E-state index contributed by atoms with van der Waals surface area (Å²) in [6.07, 6.45) is 2.26. The molecule has 1 aromatic heterocycles. The minimum absolute atomic E-state index is 0.0304. The van der Waals surface area contributed by atoms with Crippen molar-refractivity contribution in [3.05, 3.63) is 39.0 Å². The molecular weight excluding hydrogens is 424 g/mol. The molecule has 0 amide bonds. The van der Waals surface area contributed by atoms with Crippen LogP contribution >= 0.6 is 23.6 Å². The Hall–Kier alpha value is -3.00. The summed E-state index contributed by atoms with van der Waals surface area (Å²) in [5.41, 5.74) is 0.651. The van der Waals surface area contributed by atoms with Crippen molar-refractivity contribution in [3.8, 4) is 17.7 Å². The minimum atomic E-state index is 0.0304. The van der Waals surface area contributed by atoms with Crippen molar-refractivity contribution >= 4 is 46.9 Å². The number of aliphatic imine (C=N–C) groups is 2. The van der Waals surface area contributed by atoms with Gasteiger partial charge in [0.2, 0.25) is 17.5 Å². The highest BCUT2D eigenvalue weighted by molar-refractivity contribution is 7.73. The van der Waals surface area contributed by atoms with Crippen LogP contribution in [0.25, 0.3) is 6.08 Å². The Bertz CT molecular complexity index is 1090. The molecule has 2 heterocycles. The second kappa shape index (κ2) is 10.2. The molecule has 3 rings (SSSR count). The second-order valence-corrected chi connectivity index (χ2v) is 7.73. The molecule has 2 aromatic rings. The van der Waals surface area contributed by atoms with Crippen molar-refractivity contribution in [1.29, 1.82) is 5.26 Å². The molecule has 1 N–H and O–H groups in total. The average molecular weight is 445 g/mol. The van der Waals surface area contributed by atoms with Gasteiger partial charge in [-0.15, -0.1) is 11.3 Å². The summed E-state index contributed by atoms with van der Waals surface area (Å²) in [6.45, 7) is 3.59. The summed E-state index contributed by atoms with van der Waals surface area (Å²) in [6, 6.07) is 9.07. The third-order valence-electron chi connectivity index (χ3n) is 3.99. The van der Waals surface area contributed by atoms with Crippen LogP contribution < -0.4 is 4.74 Å². The van der Waals surface area contributed by atoms with Crippen LogP contribution in [0.15, 0.2) is 40.1 Å². The van der Waals surface area contributed by atoms with Crippen molar-refractivity contribution in [3.63, 3.8) is 0 Å². The number of aromatic nitrogens is 1. The third-order valence-corrected chi connectivity index (χ3v) is 5.37. The first-order valence-electron chi connectivity index (χ1n) is 9.17. The van der Waals surface area contributed by atoms with Gasteiger partial charge in [0.25, 0.3) is 5.90 Å². The van der Waals surface area contributed by atoms with Gasteiger partial charge in [-0.25, -0.2) is 4.99 Å². The lowest BCUT2D eigenvalue weighted by Gasteiger charge is -2.04. The number of hydrogen-bond acceptors (Lipinski definition) is 9. The molecule has 0 atom stereocenters. The van der Waals surface area contributed by atoms with E-state index >= 15 is 0 Å². The van der Waals surface area contributed by atoms with Crippen molar-refractivity contribution in [1.82, 2.24) is 4.57 Å². The Morgan fingerprint density at radius 1 is 1.40 bits per heavy atom. The molecule has 0 aliphatic carbocycles. The summed E-state index contributed by atoms with van der Waals surface area (Å²) in [5, 5.41) is 19.8. The average Bonchev–Trinajstić information content (AvgIpc) is 3.24. The van der Waals surface area contributed by atoms with Gasteiger partial charge in [-0.3, -0.25) is 4.57 Å². The zero-order valence-electron chi connectivity index (χ0n) is 16.5. The lowest BCUT2D eigenvalue weighted by atomic mass is 10.3. The highest BCUT2D eigenvalue weighted by Gasteiger charge is 2.23. The van der Waals surface area contributed by atoms with Gasteiger partial charge in [-0.1, -0.05) is 0 Å². The first-order valence-corrected chi connectivity index (χ1v) is 10.4. The van der Waals surface area contributed by atoms with Crippen LogP contribution in [0.5, 0.6) is 11.6 Å². The van der Waals surface area contributed by atoms with E-state index in [1.165, 1.54) is 11.3 Å². The molecule has 1 aliphatic heterocycles. The van der Waals surface area contributed by atoms with E-state index in [0.717, 1.165) is 12.2 Å². The van der Waals surface area contributed by atoms with Gasteiger partial charge in [-0.2, -0.15) is 10.3 Å². The standard InChI is InChI=1S/C20H20N4O4S2/c1-3-27-14-7-5-13(6-8-14)22-18-15(12-21)23-17(28-18)11-16-19(25)24(20(29)30-16)9-4-10-26-2/h5-8,11,25H,3-4,9-10H2,1-2H3. The molecule has 156 valence electrons. The van der Waals surface area contributed by atoms with Gasteiger partial charge in [0, 0.05) is 26.3 Å². The molecule has 0 saturated heterocycles. The van der Waals surface area contributed by atoms with Crippen LogP contribution in [-0.4, -0.2) is 41.6 Å². The van der Waals surface area contributed by atoms with Crippen LogP contribution in [0.3, 0.4) is 0 Å². The molecule has 0 bridgehead atoms. The summed E-state index contributed by atoms with van der Waals surface area (Å²) < 4.78 is 18.2. The molecular formula is C20H20N4O4S2. The third kappa shape index (κ3) is 5.13. The van der Waals surface area contributed by atoms with Crippen LogP contribution in [-0.2, 0) is 16.0 Å². The quantitative estimate of drug-likeness (QED) is 0.477. The van der Waals surface area contributed by atoms with Crippen molar-refractivity contribution in [2.45, 2.75) is 19.9 Å².